The molecule has 1 aliphatic carbocycles. The number of anilines is 1. The first-order valence-electron chi connectivity index (χ1n) is 6.33. The van der Waals surface area contributed by atoms with Crippen molar-refractivity contribution in [3.8, 4) is 0 Å². The molecule has 0 aliphatic heterocycles. The van der Waals surface area contributed by atoms with Gasteiger partial charge in [0.25, 0.3) is 0 Å². The maximum atomic E-state index is 11.2. The fourth-order valence-corrected chi connectivity index (χ4v) is 2.12. The molecule has 92 valence electrons. The van der Waals surface area contributed by atoms with Gasteiger partial charge in [0.2, 0.25) is 0 Å². The zero-order valence-corrected chi connectivity index (χ0v) is 10.2. The second-order valence-corrected chi connectivity index (χ2v) is 4.60. The van der Waals surface area contributed by atoms with Crippen molar-refractivity contribution < 1.29 is 9.90 Å². The SMILES string of the molecule is CCCCN(c1ccccc1C(=O)O)C1CC1. The molecule has 3 nitrogen and oxygen atoms in total. The van der Waals surface area contributed by atoms with E-state index in [0.717, 1.165) is 25.1 Å². The lowest BCUT2D eigenvalue weighted by molar-refractivity contribution is 0.0697. The van der Waals surface area contributed by atoms with Crippen molar-refractivity contribution in [2.75, 3.05) is 11.4 Å². The number of benzene rings is 1. The summed E-state index contributed by atoms with van der Waals surface area (Å²) in [6.07, 6.45) is 4.64. The van der Waals surface area contributed by atoms with E-state index in [9.17, 15) is 9.90 Å². The lowest BCUT2D eigenvalue weighted by atomic mass is 10.1. The Kier molecular flexibility index (Phi) is 3.67. The average molecular weight is 233 g/mol. The summed E-state index contributed by atoms with van der Waals surface area (Å²) in [5.74, 6) is -0.831. The molecule has 1 aliphatic rings. The fraction of sp³-hybridized carbons (Fsp3) is 0.500. The quantitative estimate of drug-likeness (QED) is 0.820. The normalized spacial score (nSPS) is 14.6. The molecule has 0 atom stereocenters. The summed E-state index contributed by atoms with van der Waals surface area (Å²) in [5.41, 5.74) is 1.31. The molecule has 0 heterocycles. The Bertz CT molecular complexity index is 399. The number of nitrogens with zero attached hydrogens (tertiary/aromatic N) is 1. The Labute approximate surface area is 102 Å². The second-order valence-electron chi connectivity index (χ2n) is 4.60. The molecule has 2 rings (SSSR count). The van der Waals surface area contributed by atoms with Crippen LogP contribution in [0.3, 0.4) is 0 Å². The molecule has 1 aromatic carbocycles. The molecular formula is C14H19NO2. The van der Waals surface area contributed by atoms with Gasteiger partial charge in [0.1, 0.15) is 0 Å². The zero-order chi connectivity index (χ0) is 12.3. The van der Waals surface area contributed by atoms with Gasteiger partial charge in [0, 0.05) is 12.6 Å². The van der Waals surface area contributed by atoms with Crippen molar-refractivity contribution in [1.82, 2.24) is 0 Å². The van der Waals surface area contributed by atoms with E-state index in [1.54, 1.807) is 12.1 Å². The van der Waals surface area contributed by atoms with Crippen LogP contribution < -0.4 is 4.90 Å². The van der Waals surface area contributed by atoms with Gasteiger partial charge in [0.15, 0.2) is 0 Å². The lowest BCUT2D eigenvalue weighted by Crippen LogP contribution is -2.28. The van der Waals surface area contributed by atoms with Crippen LogP contribution >= 0.6 is 0 Å². The van der Waals surface area contributed by atoms with E-state index in [1.807, 2.05) is 12.1 Å². The highest BCUT2D eigenvalue weighted by atomic mass is 16.4. The number of aromatic carboxylic acids is 1. The first kappa shape index (κ1) is 12.0. The average Bonchev–Trinajstić information content (AvgIpc) is 3.14. The first-order chi connectivity index (χ1) is 8.24. The van der Waals surface area contributed by atoms with Gasteiger partial charge in [-0.1, -0.05) is 25.5 Å². The summed E-state index contributed by atoms with van der Waals surface area (Å²) in [6.45, 7) is 3.12. The maximum absolute atomic E-state index is 11.2. The van der Waals surface area contributed by atoms with Gasteiger partial charge in [-0.05, 0) is 31.4 Å². The summed E-state index contributed by atoms with van der Waals surface area (Å²) in [5, 5.41) is 9.22. The largest absolute Gasteiger partial charge is 0.478 e. The van der Waals surface area contributed by atoms with Gasteiger partial charge in [-0.25, -0.2) is 4.79 Å². The molecule has 1 N–H and O–H groups in total. The summed E-state index contributed by atoms with van der Waals surface area (Å²) in [4.78, 5) is 13.5. The van der Waals surface area contributed by atoms with E-state index >= 15 is 0 Å². The highest BCUT2D eigenvalue weighted by Gasteiger charge is 2.30. The first-order valence-corrected chi connectivity index (χ1v) is 6.33. The Morgan fingerprint density at radius 3 is 2.71 bits per heavy atom. The third-order valence-corrected chi connectivity index (χ3v) is 3.18. The number of carboxylic acid groups (broad SMARTS) is 1. The van der Waals surface area contributed by atoms with Crippen LogP contribution in [0, 0.1) is 0 Å². The third kappa shape index (κ3) is 2.78. The molecule has 1 aromatic rings. The lowest BCUT2D eigenvalue weighted by Gasteiger charge is -2.26. The monoisotopic (exact) mass is 233 g/mol. The summed E-state index contributed by atoms with van der Waals surface area (Å²) in [7, 11) is 0. The van der Waals surface area contributed by atoms with Crippen molar-refractivity contribution >= 4 is 11.7 Å². The molecule has 1 saturated carbocycles. The molecule has 0 spiro atoms. The Morgan fingerprint density at radius 2 is 2.12 bits per heavy atom. The van der Waals surface area contributed by atoms with Crippen LogP contribution in [0.25, 0.3) is 0 Å². The number of unbranched alkanes of at least 4 members (excludes halogenated alkanes) is 1. The number of rotatable bonds is 6. The molecular weight excluding hydrogens is 214 g/mol. The minimum atomic E-state index is -0.831. The van der Waals surface area contributed by atoms with Gasteiger partial charge in [-0.3, -0.25) is 0 Å². The minimum Gasteiger partial charge on any atom is -0.478 e. The van der Waals surface area contributed by atoms with Crippen LogP contribution in [0.2, 0.25) is 0 Å². The van der Waals surface area contributed by atoms with Crippen molar-refractivity contribution in [1.29, 1.82) is 0 Å². The van der Waals surface area contributed by atoms with Gasteiger partial charge in [-0.15, -0.1) is 0 Å². The summed E-state index contributed by atoms with van der Waals surface area (Å²) < 4.78 is 0. The van der Waals surface area contributed by atoms with E-state index in [4.69, 9.17) is 0 Å². The number of para-hydroxylation sites is 1. The van der Waals surface area contributed by atoms with Gasteiger partial charge < -0.3 is 10.0 Å². The molecule has 0 saturated heterocycles. The minimum absolute atomic E-state index is 0.426. The molecule has 3 heteroatoms. The van der Waals surface area contributed by atoms with Gasteiger partial charge in [-0.2, -0.15) is 0 Å². The summed E-state index contributed by atoms with van der Waals surface area (Å²) >= 11 is 0. The van der Waals surface area contributed by atoms with Crippen LogP contribution in [0.4, 0.5) is 5.69 Å². The highest BCUT2D eigenvalue weighted by molar-refractivity contribution is 5.94. The van der Waals surface area contributed by atoms with Crippen LogP contribution in [-0.4, -0.2) is 23.7 Å². The molecule has 1 fully saturated rings. The predicted octanol–water partition coefficient (Wildman–Crippen LogP) is 3.15. The Morgan fingerprint density at radius 1 is 1.41 bits per heavy atom. The number of carboxylic acids is 1. The fourth-order valence-electron chi connectivity index (χ4n) is 2.12. The van der Waals surface area contributed by atoms with Crippen molar-refractivity contribution in [2.24, 2.45) is 0 Å². The highest BCUT2D eigenvalue weighted by Crippen LogP contribution is 2.33. The predicted molar refractivity (Wildman–Crippen MR) is 68.7 cm³/mol. The summed E-state index contributed by atoms with van der Waals surface area (Å²) in [6, 6.07) is 7.89. The molecule has 0 amide bonds. The molecule has 0 aromatic heterocycles. The van der Waals surface area contributed by atoms with Crippen LogP contribution in [0.1, 0.15) is 43.0 Å². The Hall–Kier alpha value is -1.51. The van der Waals surface area contributed by atoms with Crippen molar-refractivity contribution in [3.63, 3.8) is 0 Å². The third-order valence-electron chi connectivity index (χ3n) is 3.18. The molecule has 17 heavy (non-hydrogen) atoms. The van der Waals surface area contributed by atoms with Crippen LogP contribution in [0.5, 0.6) is 0 Å². The van der Waals surface area contributed by atoms with Crippen molar-refractivity contribution in [3.05, 3.63) is 29.8 Å². The van der Waals surface area contributed by atoms with E-state index in [2.05, 4.69) is 11.8 Å². The molecule has 0 bridgehead atoms. The smallest absolute Gasteiger partial charge is 0.337 e. The van der Waals surface area contributed by atoms with E-state index in [-0.39, 0.29) is 0 Å². The topological polar surface area (TPSA) is 40.5 Å². The van der Waals surface area contributed by atoms with E-state index < -0.39 is 5.97 Å². The molecule has 0 radical (unpaired) electrons. The van der Waals surface area contributed by atoms with Crippen molar-refractivity contribution in [2.45, 2.75) is 38.6 Å². The van der Waals surface area contributed by atoms with E-state index in [0.29, 0.717) is 11.6 Å². The maximum Gasteiger partial charge on any atom is 0.337 e. The standard InChI is InChI=1S/C14H19NO2/c1-2-3-10-15(11-8-9-11)13-7-5-4-6-12(13)14(16)17/h4-7,11H,2-3,8-10H2,1H3,(H,16,17). The number of hydrogen-bond acceptors (Lipinski definition) is 2. The zero-order valence-electron chi connectivity index (χ0n) is 10.2. The molecule has 0 unspecified atom stereocenters. The van der Waals surface area contributed by atoms with Gasteiger partial charge >= 0.3 is 5.97 Å². The number of carbonyl (C=O) groups is 1. The van der Waals surface area contributed by atoms with E-state index in [1.165, 1.54) is 12.8 Å². The van der Waals surface area contributed by atoms with Crippen LogP contribution in [0.15, 0.2) is 24.3 Å². The van der Waals surface area contributed by atoms with Gasteiger partial charge in [0.05, 0.1) is 11.3 Å². The van der Waals surface area contributed by atoms with Crippen LogP contribution in [-0.2, 0) is 0 Å². The second kappa shape index (κ2) is 5.21. The Balaban J connectivity index is 2.25. The number of hydrogen-bond donors (Lipinski definition) is 1.